The van der Waals surface area contributed by atoms with Crippen molar-refractivity contribution in [2.24, 2.45) is 5.16 Å². The average molecular weight is 641 g/mol. The van der Waals surface area contributed by atoms with Gasteiger partial charge in [0.1, 0.15) is 23.1 Å². The zero-order chi connectivity index (χ0) is 33.2. The molecule has 238 valence electrons. The van der Waals surface area contributed by atoms with E-state index in [1.807, 2.05) is 0 Å². The number of hydrogen-bond acceptors (Lipinski definition) is 7. The largest absolute Gasteiger partial charge is 0.465 e. The fraction of sp³-hybridized carbons (Fsp3) is 0.267. The van der Waals surface area contributed by atoms with E-state index in [9.17, 15) is 45.1 Å². The number of nitrogens with one attached hydrogen (secondary N) is 1. The monoisotopic (exact) mass is 640 g/mol. The molecule has 0 radical (unpaired) electrons. The Balaban J connectivity index is 1.59. The van der Waals surface area contributed by atoms with Crippen LogP contribution in [0.3, 0.4) is 0 Å². The molecule has 0 aromatic heterocycles. The Kier molecular flexibility index (Phi) is 9.49. The summed E-state index contributed by atoms with van der Waals surface area (Å²) in [7, 11) is 2.46. The lowest BCUT2D eigenvalue weighted by Gasteiger charge is -2.43. The Bertz CT molecular complexity index is 1560. The van der Waals surface area contributed by atoms with Gasteiger partial charge in [-0.15, -0.1) is 0 Å². The summed E-state index contributed by atoms with van der Waals surface area (Å²) in [6.45, 7) is 1.03. The first-order chi connectivity index (χ1) is 21.2. The zero-order valence-corrected chi connectivity index (χ0v) is 23.6. The Morgan fingerprint density at radius 3 is 1.56 bits per heavy atom. The maximum Gasteiger partial charge on any atom is 0.422 e. The molecule has 1 saturated carbocycles. The summed E-state index contributed by atoms with van der Waals surface area (Å²) in [6, 6.07) is 12.8. The molecule has 15 heteroatoms. The number of anilines is 1. The van der Waals surface area contributed by atoms with Crippen molar-refractivity contribution in [1.82, 2.24) is 0 Å². The minimum Gasteiger partial charge on any atom is -0.465 e. The van der Waals surface area contributed by atoms with Gasteiger partial charge in [-0.1, -0.05) is 29.4 Å². The van der Waals surface area contributed by atoms with E-state index in [1.165, 1.54) is 43.8 Å². The third kappa shape index (κ3) is 6.61. The van der Waals surface area contributed by atoms with Gasteiger partial charge in [0.15, 0.2) is 23.3 Å². The van der Waals surface area contributed by atoms with Crippen LogP contribution in [0.2, 0.25) is 0 Å². The number of ether oxygens (including phenoxy) is 2. The summed E-state index contributed by atoms with van der Waals surface area (Å²) in [4.78, 5) is 41.9. The molecule has 1 aliphatic rings. The van der Waals surface area contributed by atoms with E-state index in [2.05, 4.69) is 5.16 Å². The number of rotatable bonds is 8. The molecule has 0 aliphatic heterocycles. The molecule has 0 bridgehead atoms. The summed E-state index contributed by atoms with van der Waals surface area (Å²) in [5.74, 6) is -13.6. The van der Waals surface area contributed by atoms with Crippen LogP contribution in [0.4, 0.5) is 36.4 Å². The number of carbonyl (C=O) groups excluding carboxylic acids is 3. The van der Waals surface area contributed by atoms with Crippen molar-refractivity contribution in [1.29, 1.82) is 0 Å². The van der Waals surface area contributed by atoms with Gasteiger partial charge < -0.3 is 19.6 Å². The van der Waals surface area contributed by atoms with Gasteiger partial charge >= 0.3 is 18.1 Å². The third-order valence-corrected chi connectivity index (χ3v) is 7.25. The summed E-state index contributed by atoms with van der Waals surface area (Å²) in [5, 5.41) is 5.21. The van der Waals surface area contributed by atoms with Crippen LogP contribution >= 0.6 is 0 Å². The molecule has 1 N–H and O–H groups in total. The highest BCUT2D eigenvalue weighted by atomic mass is 19.4. The Labute approximate surface area is 250 Å². The Morgan fingerprint density at radius 1 is 0.756 bits per heavy atom. The predicted octanol–water partition coefficient (Wildman–Crippen LogP) is 6.51. The van der Waals surface area contributed by atoms with Gasteiger partial charge in [0, 0.05) is 11.8 Å². The number of esters is 2. The van der Waals surface area contributed by atoms with Crippen molar-refractivity contribution in [3.05, 3.63) is 99.6 Å². The number of methoxy groups -OCH3 is 2. The van der Waals surface area contributed by atoms with Crippen molar-refractivity contribution < 1.29 is 59.4 Å². The molecule has 8 nitrogen and oxygen atoms in total. The number of alkyl halides is 3. The summed E-state index contributed by atoms with van der Waals surface area (Å²) >= 11 is 0. The van der Waals surface area contributed by atoms with E-state index in [1.54, 1.807) is 24.3 Å². The first-order valence-electron chi connectivity index (χ1n) is 13.0. The van der Waals surface area contributed by atoms with Crippen LogP contribution in [0, 0.1) is 23.3 Å². The molecule has 0 spiro atoms. The van der Waals surface area contributed by atoms with Crippen LogP contribution < -0.4 is 5.32 Å². The van der Waals surface area contributed by atoms with E-state index >= 15 is 0 Å². The molecule has 3 aromatic carbocycles. The molecule has 3 aromatic rings. The molecule has 0 saturated heterocycles. The molecule has 2 atom stereocenters. The van der Waals surface area contributed by atoms with Crippen molar-refractivity contribution in [3.63, 3.8) is 0 Å². The van der Waals surface area contributed by atoms with Crippen LogP contribution in [-0.2, 0) is 25.3 Å². The Hall–Kier alpha value is -4.95. The molecule has 1 amide bonds. The number of carbonyl (C=O) groups is 3. The van der Waals surface area contributed by atoms with E-state index in [-0.39, 0.29) is 23.0 Å². The predicted molar refractivity (Wildman–Crippen MR) is 144 cm³/mol. The topological polar surface area (TPSA) is 103 Å². The number of benzene rings is 3. The van der Waals surface area contributed by atoms with E-state index in [0.717, 1.165) is 6.92 Å². The molecular formula is C30H23F7N2O6. The van der Waals surface area contributed by atoms with Crippen LogP contribution in [0.15, 0.2) is 53.7 Å². The number of hydrogen-bond donors (Lipinski definition) is 1. The Morgan fingerprint density at radius 2 is 1.18 bits per heavy atom. The fourth-order valence-electron chi connectivity index (χ4n) is 4.77. The minimum atomic E-state index is -5.75. The maximum atomic E-state index is 14.3. The highest BCUT2D eigenvalue weighted by Crippen LogP contribution is 2.50. The average Bonchev–Trinajstić information content (AvgIpc) is 3.00. The van der Waals surface area contributed by atoms with E-state index in [0.29, 0.717) is 17.5 Å². The first-order valence-corrected chi connectivity index (χ1v) is 13.0. The van der Waals surface area contributed by atoms with Gasteiger partial charge in [-0.3, -0.25) is 4.79 Å². The highest BCUT2D eigenvalue weighted by molar-refractivity contribution is 6.42. The summed E-state index contributed by atoms with van der Waals surface area (Å²) < 4.78 is 105. The number of nitrogens with zero attached hydrogens (tertiary/aromatic N) is 1. The lowest BCUT2D eigenvalue weighted by molar-refractivity contribution is -0.143. The SMILES string of the molecule is COC(=O)c1ccc(C2CC(c3ccc(C(=O)OC)cc3)C2O/N=C(\C)C(=O)Nc2c(F)c(F)c(C(F)(F)F)c(F)c2F)cc1. The van der Waals surface area contributed by atoms with Crippen molar-refractivity contribution in [3.8, 4) is 0 Å². The quantitative estimate of drug-likeness (QED) is 0.0991. The van der Waals surface area contributed by atoms with Gasteiger partial charge in [-0.05, 0) is 48.7 Å². The van der Waals surface area contributed by atoms with Crippen molar-refractivity contribution >= 4 is 29.2 Å². The molecular weight excluding hydrogens is 617 g/mol. The zero-order valence-electron chi connectivity index (χ0n) is 23.6. The van der Waals surface area contributed by atoms with Gasteiger partial charge in [-0.2, -0.15) is 13.2 Å². The molecule has 0 heterocycles. The second-order valence-corrected chi connectivity index (χ2v) is 9.88. The van der Waals surface area contributed by atoms with Crippen LogP contribution in [0.5, 0.6) is 0 Å². The molecule has 1 fully saturated rings. The molecule has 2 unspecified atom stereocenters. The van der Waals surface area contributed by atoms with Crippen LogP contribution in [-0.4, -0.2) is 43.9 Å². The summed E-state index contributed by atoms with van der Waals surface area (Å²) in [5.41, 5.74) is -3.16. The minimum absolute atomic E-state index is 0.286. The van der Waals surface area contributed by atoms with Gasteiger partial charge in [-0.25, -0.2) is 27.2 Å². The van der Waals surface area contributed by atoms with E-state index < -0.39 is 70.4 Å². The first kappa shape index (κ1) is 33.0. The van der Waals surface area contributed by atoms with Crippen molar-refractivity contribution in [2.75, 3.05) is 19.5 Å². The number of oxime groups is 1. The van der Waals surface area contributed by atoms with E-state index in [4.69, 9.17) is 14.3 Å². The van der Waals surface area contributed by atoms with Crippen LogP contribution in [0.25, 0.3) is 0 Å². The molecule has 1 aliphatic carbocycles. The highest BCUT2D eigenvalue weighted by Gasteiger charge is 2.46. The molecule has 4 rings (SSSR count). The fourth-order valence-corrected chi connectivity index (χ4v) is 4.77. The second kappa shape index (κ2) is 13.0. The van der Waals surface area contributed by atoms with Gasteiger partial charge in [0.05, 0.1) is 25.3 Å². The smallest absolute Gasteiger partial charge is 0.422 e. The summed E-state index contributed by atoms with van der Waals surface area (Å²) in [6.07, 6.45) is -6.03. The third-order valence-electron chi connectivity index (χ3n) is 7.25. The lowest BCUT2D eigenvalue weighted by atomic mass is 9.66. The van der Waals surface area contributed by atoms with Gasteiger partial charge in [0.2, 0.25) is 0 Å². The maximum absolute atomic E-state index is 14.3. The molecule has 45 heavy (non-hydrogen) atoms. The number of amides is 1. The second-order valence-electron chi connectivity index (χ2n) is 9.88. The van der Waals surface area contributed by atoms with Crippen LogP contribution in [0.1, 0.15) is 62.6 Å². The standard InChI is InChI=1S/C30H23F7N2O6/c1-13(27(40)38-25-23(33)21(31)20(30(35,36)37)22(32)24(25)34)39-45-26-18(14-4-8-16(9-5-14)28(41)43-2)12-19(26)15-6-10-17(11-7-15)29(42)44-3/h4-11,18-19,26H,12H2,1-3H3,(H,38,40)/b39-13+. The number of halogens is 7. The van der Waals surface area contributed by atoms with Crippen molar-refractivity contribution in [2.45, 2.75) is 37.5 Å². The van der Waals surface area contributed by atoms with Gasteiger partial charge in [0.25, 0.3) is 5.91 Å². The normalized spacial score (nSPS) is 18.1. The lowest BCUT2D eigenvalue weighted by Crippen LogP contribution is -2.40.